The van der Waals surface area contributed by atoms with Crippen molar-refractivity contribution in [3.8, 4) is 0 Å². The number of hydrogen-bond acceptors (Lipinski definition) is 4. The molecule has 0 aromatic rings. The van der Waals surface area contributed by atoms with Crippen LogP contribution in [-0.2, 0) is 18.9 Å². The summed E-state index contributed by atoms with van der Waals surface area (Å²) in [5.74, 6) is -0.780. The first-order chi connectivity index (χ1) is 5.22. The van der Waals surface area contributed by atoms with E-state index in [0.717, 1.165) is 0 Å². The molecule has 2 atom stereocenters. The van der Waals surface area contributed by atoms with E-state index in [2.05, 4.69) is 0 Å². The highest BCUT2D eigenvalue weighted by Gasteiger charge is 2.43. The molecule has 0 N–H and O–H groups in total. The lowest BCUT2D eigenvalue weighted by atomic mass is 10.4. The van der Waals surface area contributed by atoms with Gasteiger partial charge in [0, 0.05) is 10.7 Å². The van der Waals surface area contributed by atoms with Gasteiger partial charge in [-0.05, 0) is 0 Å². The fourth-order valence-electron chi connectivity index (χ4n) is 1.03. The first kappa shape index (κ1) is 10.6. The fourth-order valence-corrected chi connectivity index (χ4v) is 6.63. The number of sulfone groups is 1. The van der Waals surface area contributed by atoms with Gasteiger partial charge in [-0.15, -0.1) is 11.6 Å². The van der Waals surface area contributed by atoms with E-state index in [0.29, 0.717) is 0 Å². The third-order valence-corrected chi connectivity index (χ3v) is 6.24. The molecule has 0 saturated carbocycles. The van der Waals surface area contributed by atoms with Crippen molar-refractivity contribution < 1.29 is 16.8 Å². The van der Waals surface area contributed by atoms with Crippen LogP contribution in [0.3, 0.4) is 0 Å². The van der Waals surface area contributed by atoms with Gasteiger partial charge in [-0.3, -0.25) is 0 Å². The molecule has 12 heavy (non-hydrogen) atoms. The minimum Gasteiger partial charge on any atom is -0.229 e. The van der Waals surface area contributed by atoms with Gasteiger partial charge in [-0.2, -0.15) is 0 Å². The molecular formula is C4H6Cl2O4S2. The third kappa shape index (κ3) is 2.25. The largest absolute Gasteiger partial charge is 0.237 e. The van der Waals surface area contributed by atoms with E-state index in [-0.39, 0.29) is 5.75 Å². The average molecular weight is 253 g/mol. The highest BCUT2D eigenvalue weighted by atomic mass is 35.7. The first-order valence-corrected chi connectivity index (χ1v) is 7.63. The second-order valence-corrected chi connectivity index (χ2v) is 8.17. The third-order valence-electron chi connectivity index (χ3n) is 1.60. The molecule has 1 aliphatic heterocycles. The van der Waals surface area contributed by atoms with Gasteiger partial charge < -0.3 is 0 Å². The van der Waals surface area contributed by atoms with Crippen molar-refractivity contribution in [1.29, 1.82) is 0 Å². The van der Waals surface area contributed by atoms with Crippen LogP contribution in [0.5, 0.6) is 0 Å². The van der Waals surface area contributed by atoms with Crippen LogP contribution in [0.4, 0.5) is 0 Å². The molecule has 0 aromatic heterocycles. The molecule has 0 bridgehead atoms. The molecule has 0 spiro atoms. The normalized spacial score (nSPS) is 35.2. The molecule has 4 nitrogen and oxygen atoms in total. The lowest BCUT2D eigenvalue weighted by molar-refractivity contribution is 0.594. The average Bonchev–Trinajstić information content (AvgIpc) is 2.03. The predicted octanol–water partition coefficient (Wildman–Crippen LogP) is -0.0406. The van der Waals surface area contributed by atoms with Crippen LogP contribution in [0.1, 0.15) is 0 Å². The van der Waals surface area contributed by atoms with E-state index in [4.69, 9.17) is 22.3 Å². The number of hydrogen-bond donors (Lipinski definition) is 0. The smallest absolute Gasteiger partial charge is 0.229 e. The van der Waals surface area contributed by atoms with Crippen LogP contribution in [0.25, 0.3) is 0 Å². The topological polar surface area (TPSA) is 68.3 Å². The highest BCUT2D eigenvalue weighted by Crippen LogP contribution is 2.26. The molecule has 1 fully saturated rings. The quantitative estimate of drug-likeness (QED) is 0.485. The Balaban J connectivity index is 3.01. The Kier molecular flexibility index (Phi) is 2.65. The van der Waals surface area contributed by atoms with E-state index in [1.54, 1.807) is 0 Å². The summed E-state index contributed by atoms with van der Waals surface area (Å²) in [6.07, 6.45) is 0. The molecule has 1 aliphatic rings. The van der Waals surface area contributed by atoms with E-state index in [9.17, 15) is 16.8 Å². The summed E-state index contributed by atoms with van der Waals surface area (Å²) in [7, 11) is -2.20. The molecule has 0 aliphatic carbocycles. The van der Waals surface area contributed by atoms with Gasteiger partial charge in [0.15, 0.2) is 9.84 Å². The zero-order valence-corrected chi connectivity index (χ0v) is 8.92. The molecule has 1 saturated heterocycles. The standard InChI is InChI=1S/C4H6Cl2O4S2/c5-3-1-11(7,8)2-4(3)12(6,9)10/h3-4H,1-2H2/t3-,4+/m1/s1. The van der Waals surface area contributed by atoms with Gasteiger partial charge in [0.05, 0.1) is 16.9 Å². The fraction of sp³-hybridized carbons (Fsp3) is 1.00. The molecular weight excluding hydrogens is 247 g/mol. The van der Waals surface area contributed by atoms with Crippen molar-refractivity contribution in [1.82, 2.24) is 0 Å². The van der Waals surface area contributed by atoms with Crippen molar-refractivity contribution in [3.63, 3.8) is 0 Å². The van der Waals surface area contributed by atoms with Crippen LogP contribution in [-0.4, -0.2) is 39.0 Å². The Morgan fingerprint density at radius 2 is 1.75 bits per heavy atom. The van der Waals surface area contributed by atoms with E-state index in [1.807, 2.05) is 0 Å². The summed E-state index contributed by atoms with van der Waals surface area (Å²) >= 11 is 5.50. The van der Waals surface area contributed by atoms with Crippen molar-refractivity contribution >= 4 is 41.2 Å². The summed E-state index contributed by atoms with van der Waals surface area (Å²) in [5, 5.41) is -2.08. The highest BCUT2D eigenvalue weighted by molar-refractivity contribution is 8.15. The van der Waals surface area contributed by atoms with Crippen LogP contribution in [0.15, 0.2) is 0 Å². The van der Waals surface area contributed by atoms with E-state index >= 15 is 0 Å². The minimum absolute atomic E-state index is 0.314. The van der Waals surface area contributed by atoms with Crippen LogP contribution in [0, 0.1) is 0 Å². The molecule has 1 rings (SSSR count). The lowest BCUT2D eigenvalue weighted by Gasteiger charge is -2.05. The van der Waals surface area contributed by atoms with Gasteiger partial charge in [0.1, 0.15) is 5.25 Å². The monoisotopic (exact) mass is 252 g/mol. The molecule has 8 heteroatoms. The Morgan fingerprint density at radius 1 is 1.25 bits per heavy atom. The second-order valence-electron chi connectivity index (χ2n) is 2.61. The van der Waals surface area contributed by atoms with Crippen molar-refractivity contribution in [2.24, 2.45) is 0 Å². The summed E-state index contributed by atoms with van der Waals surface area (Å²) in [6.45, 7) is 0. The van der Waals surface area contributed by atoms with E-state index < -0.39 is 35.3 Å². The van der Waals surface area contributed by atoms with Gasteiger partial charge in [-0.1, -0.05) is 0 Å². The van der Waals surface area contributed by atoms with Crippen LogP contribution >= 0.6 is 22.3 Å². The predicted molar refractivity (Wildman–Crippen MR) is 46.9 cm³/mol. The summed E-state index contributed by atoms with van der Waals surface area (Å²) in [6, 6.07) is 0. The SMILES string of the molecule is O=S1(=O)C[C@@H](Cl)[C@@H](S(=O)(=O)Cl)C1. The maximum Gasteiger partial charge on any atom is 0.237 e. The Morgan fingerprint density at radius 3 is 1.92 bits per heavy atom. The zero-order valence-electron chi connectivity index (χ0n) is 5.77. The Hall–Kier alpha value is 0.480. The second kappa shape index (κ2) is 3.01. The van der Waals surface area contributed by atoms with Gasteiger partial charge in [-0.25, -0.2) is 16.8 Å². The van der Waals surface area contributed by atoms with Gasteiger partial charge in [0.25, 0.3) is 0 Å². The molecule has 0 unspecified atom stereocenters. The maximum absolute atomic E-state index is 10.9. The van der Waals surface area contributed by atoms with E-state index in [1.165, 1.54) is 0 Å². The number of halogens is 2. The maximum atomic E-state index is 10.9. The summed E-state index contributed by atoms with van der Waals surface area (Å²) in [5.41, 5.74) is 0. The molecule has 72 valence electrons. The lowest BCUT2D eigenvalue weighted by Crippen LogP contribution is -2.25. The zero-order chi connectivity index (χ0) is 9.57. The van der Waals surface area contributed by atoms with Crippen LogP contribution in [0.2, 0.25) is 0 Å². The summed E-state index contributed by atoms with van der Waals surface area (Å²) in [4.78, 5) is 0. The first-order valence-electron chi connectivity index (χ1n) is 3.00. The number of rotatable bonds is 1. The van der Waals surface area contributed by atoms with Gasteiger partial charge in [0.2, 0.25) is 9.05 Å². The molecule has 0 amide bonds. The van der Waals surface area contributed by atoms with Crippen LogP contribution < -0.4 is 0 Å². The molecule has 1 heterocycles. The minimum atomic E-state index is -3.86. The van der Waals surface area contributed by atoms with Crippen molar-refractivity contribution in [3.05, 3.63) is 0 Å². The van der Waals surface area contributed by atoms with Crippen molar-refractivity contribution in [2.75, 3.05) is 11.5 Å². The molecule has 0 aromatic carbocycles. The molecule has 0 radical (unpaired) electrons. The van der Waals surface area contributed by atoms with Crippen molar-refractivity contribution in [2.45, 2.75) is 10.6 Å². The Bertz CT molecular complexity index is 370. The van der Waals surface area contributed by atoms with Gasteiger partial charge >= 0.3 is 0 Å². The summed E-state index contributed by atoms with van der Waals surface area (Å²) < 4.78 is 43.3. The number of alkyl halides is 1. The Labute approximate surface area is 80.2 Å².